The molecule has 7 heteroatoms. The van der Waals surface area contributed by atoms with Crippen LogP contribution in [0.4, 0.5) is 5.69 Å². The lowest BCUT2D eigenvalue weighted by molar-refractivity contribution is -0.143. The average molecular weight is 414 g/mol. The Hall–Kier alpha value is -2.57. The molecule has 2 aliphatic heterocycles. The maximum absolute atomic E-state index is 12.9. The SMILES string of the molecule is COc1cccc(N2CCN(C(=O)CCN3C(=O)CC4(CCCCC4)C3=O)CC2)c1. The third-order valence-corrected chi connectivity index (χ3v) is 6.90. The van der Waals surface area contributed by atoms with E-state index in [1.807, 2.05) is 29.2 Å². The van der Waals surface area contributed by atoms with Crippen LogP contribution in [0.5, 0.6) is 5.75 Å². The lowest BCUT2D eigenvalue weighted by atomic mass is 9.73. The van der Waals surface area contributed by atoms with E-state index in [1.165, 1.54) is 4.90 Å². The highest BCUT2D eigenvalue weighted by molar-refractivity contribution is 6.06. The van der Waals surface area contributed by atoms with Crippen molar-refractivity contribution < 1.29 is 19.1 Å². The fourth-order valence-electron chi connectivity index (χ4n) is 5.09. The van der Waals surface area contributed by atoms with Crippen LogP contribution >= 0.6 is 0 Å². The summed E-state index contributed by atoms with van der Waals surface area (Å²) in [6, 6.07) is 7.94. The Morgan fingerprint density at radius 1 is 1.07 bits per heavy atom. The number of carbonyl (C=O) groups excluding carboxylic acids is 3. The van der Waals surface area contributed by atoms with Crippen LogP contribution in [0.2, 0.25) is 0 Å². The molecule has 0 aromatic heterocycles. The van der Waals surface area contributed by atoms with Crippen LogP contribution in [0, 0.1) is 5.41 Å². The minimum Gasteiger partial charge on any atom is -0.497 e. The smallest absolute Gasteiger partial charge is 0.235 e. The molecule has 2 saturated heterocycles. The molecular formula is C23H31N3O4. The van der Waals surface area contributed by atoms with Gasteiger partial charge >= 0.3 is 0 Å². The number of anilines is 1. The molecule has 1 aromatic carbocycles. The van der Waals surface area contributed by atoms with E-state index in [1.54, 1.807) is 7.11 Å². The molecule has 3 aliphatic rings. The van der Waals surface area contributed by atoms with E-state index in [4.69, 9.17) is 4.74 Å². The van der Waals surface area contributed by atoms with Crippen molar-refractivity contribution in [3.05, 3.63) is 24.3 Å². The molecule has 1 aromatic rings. The Kier molecular flexibility index (Phi) is 5.97. The van der Waals surface area contributed by atoms with Crippen molar-refractivity contribution >= 4 is 23.4 Å². The number of likely N-dealkylation sites (tertiary alicyclic amines) is 1. The fraction of sp³-hybridized carbons (Fsp3) is 0.609. The molecule has 0 radical (unpaired) electrons. The normalized spacial score (nSPS) is 21.4. The molecule has 1 saturated carbocycles. The van der Waals surface area contributed by atoms with Crippen LogP contribution in [-0.2, 0) is 14.4 Å². The Morgan fingerprint density at radius 3 is 2.50 bits per heavy atom. The molecule has 0 unspecified atom stereocenters. The van der Waals surface area contributed by atoms with Crippen molar-refractivity contribution in [2.24, 2.45) is 5.41 Å². The van der Waals surface area contributed by atoms with Crippen LogP contribution < -0.4 is 9.64 Å². The molecule has 4 rings (SSSR count). The van der Waals surface area contributed by atoms with Gasteiger partial charge in [0.05, 0.1) is 12.5 Å². The van der Waals surface area contributed by atoms with Gasteiger partial charge in [0.2, 0.25) is 17.7 Å². The molecule has 0 N–H and O–H groups in total. The number of nitrogens with zero attached hydrogens (tertiary/aromatic N) is 3. The van der Waals surface area contributed by atoms with Gasteiger partial charge in [-0.05, 0) is 25.0 Å². The van der Waals surface area contributed by atoms with Gasteiger partial charge in [0.1, 0.15) is 5.75 Å². The van der Waals surface area contributed by atoms with Crippen LogP contribution in [0.3, 0.4) is 0 Å². The topological polar surface area (TPSA) is 70.2 Å². The Balaban J connectivity index is 1.28. The van der Waals surface area contributed by atoms with Crippen LogP contribution in [-0.4, -0.2) is 67.4 Å². The van der Waals surface area contributed by atoms with Gasteiger partial charge in [-0.1, -0.05) is 25.3 Å². The zero-order valence-corrected chi connectivity index (χ0v) is 17.8. The lowest BCUT2D eigenvalue weighted by Gasteiger charge is -2.36. The van der Waals surface area contributed by atoms with Crippen molar-refractivity contribution in [3.8, 4) is 5.75 Å². The third kappa shape index (κ3) is 4.02. The second kappa shape index (κ2) is 8.66. The van der Waals surface area contributed by atoms with Gasteiger partial charge < -0.3 is 14.5 Å². The van der Waals surface area contributed by atoms with Crippen molar-refractivity contribution in [3.63, 3.8) is 0 Å². The Bertz CT molecular complexity index is 810. The minimum absolute atomic E-state index is 0.0190. The van der Waals surface area contributed by atoms with Gasteiger partial charge in [-0.3, -0.25) is 19.3 Å². The molecule has 1 aliphatic carbocycles. The van der Waals surface area contributed by atoms with E-state index in [0.29, 0.717) is 19.5 Å². The summed E-state index contributed by atoms with van der Waals surface area (Å²) in [6.07, 6.45) is 5.35. The highest BCUT2D eigenvalue weighted by atomic mass is 16.5. The first kappa shape index (κ1) is 20.7. The summed E-state index contributed by atoms with van der Waals surface area (Å²) in [4.78, 5) is 43.5. The standard InChI is InChI=1S/C23H31N3O4/c1-30-19-7-5-6-18(16-19)24-12-14-25(15-13-24)20(27)8-11-26-21(28)17-23(22(26)29)9-3-2-4-10-23/h5-7,16H,2-4,8-15,17H2,1H3. The number of methoxy groups -OCH3 is 1. The second-order valence-electron chi connectivity index (χ2n) is 8.69. The molecule has 0 atom stereocenters. The summed E-state index contributed by atoms with van der Waals surface area (Å²) in [5, 5.41) is 0. The quantitative estimate of drug-likeness (QED) is 0.694. The molecule has 2 heterocycles. The fourth-order valence-corrected chi connectivity index (χ4v) is 5.09. The molecule has 3 fully saturated rings. The minimum atomic E-state index is -0.471. The zero-order valence-electron chi connectivity index (χ0n) is 17.8. The molecule has 3 amide bonds. The van der Waals surface area contributed by atoms with Crippen molar-refractivity contribution in [2.45, 2.75) is 44.9 Å². The number of benzene rings is 1. The number of carbonyl (C=O) groups is 3. The first-order chi connectivity index (χ1) is 14.5. The maximum Gasteiger partial charge on any atom is 0.235 e. The van der Waals surface area contributed by atoms with Crippen molar-refractivity contribution in [2.75, 3.05) is 44.7 Å². The summed E-state index contributed by atoms with van der Waals surface area (Å²) < 4.78 is 5.29. The van der Waals surface area contributed by atoms with E-state index < -0.39 is 5.41 Å². The summed E-state index contributed by atoms with van der Waals surface area (Å²) in [5.41, 5.74) is 0.619. The average Bonchev–Trinajstić information content (AvgIpc) is 3.01. The van der Waals surface area contributed by atoms with Gasteiger partial charge in [-0.15, -0.1) is 0 Å². The number of amides is 3. The predicted octanol–water partition coefficient (Wildman–Crippen LogP) is 2.44. The molecule has 30 heavy (non-hydrogen) atoms. The van der Waals surface area contributed by atoms with Gasteiger partial charge in [-0.25, -0.2) is 0 Å². The summed E-state index contributed by atoms with van der Waals surface area (Å²) in [7, 11) is 1.65. The monoisotopic (exact) mass is 413 g/mol. The van der Waals surface area contributed by atoms with Crippen molar-refractivity contribution in [1.29, 1.82) is 0 Å². The number of imide groups is 1. The van der Waals surface area contributed by atoms with Gasteiger partial charge in [0.25, 0.3) is 0 Å². The zero-order chi connectivity index (χ0) is 21.1. The second-order valence-corrected chi connectivity index (χ2v) is 8.69. The molecule has 7 nitrogen and oxygen atoms in total. The van der Waals surface area contributed by atoms with Gasteiger partial charge in [-0.2, -0.15) is 0 Å². The van der Waals surface area contributed by atoms with E-state index >= 15 is 0 Å². The number of rotatable bonds is 5. The number of hydrogen-bond acceptors (Lipinski definition) is 5. The molecule has 0 bridgehead atoms. The summed E-state index contributed by atoms with van der Waals surface area (Å²) in [6.45, 7) is 3.01. The number of hydrogen-bond donors (Lipinski definition) is 0. The molecule has 1 spiro atoms. The first-order valence-electron chi connectivity index (χ1n) is 11.0. The Morgan fingerprint density at radius 2 is 1.80 bits per heavy atom. The lowest BCUT2D eigenvalue weighted by Crippen LogP contribution is -2.49. The summed E-state index contributed by atoms with van der Waals surface area (Å²) >= 11 is 0. The third-order valence-electron chi connectivity index (χ3n) is 6.90. The van der Waals surface area contributed by atoms with E-state index in [9.17, 15) is 14.4 Å². The molecule has 162 valence electrons. The van der Waals surface area contributed by atoms with Crippen LogP contribution in [0.15, 0.2) is 24.3 Å². The summed E-state index contributed by atoms with van der Waals surface area (Å²) in [5.74, 6) is 0.701. The largest absolute Gasteiger partial charge is 0.497 e. The van der Waals surface area contributed by atoms with E-state index in [-0.39, 0.29) is 30.7 Å². The van der Waals surface area contributed by atoms with Gasteiger partial charge in [0, 0.05) is 57.3 Å². The highest BCUT2D eigenvalue weighted by Gasteiger charge is 2.51. The molecular weight excluding hydrogens is 382 g/mol. The van der Waals surface area contributed by atoms with Crippen LogP contribution in [0.25, 0.3) is 0 Å². The maximum atomic E-state index is 12.9. The van der Waals surface area contributed by atoms with Crippen molar-refractivity contribution in [1.82, 2.24) is 9.80 Å². The Labute approximate surface area is 177 Å². The van der Waals surface area contributed by atoms with Crippen LogP contribution in [0.1, 0.15) is 44.9 Å². The van der Waals surface area contributed by atoms with Gasteiger partial charge in [0.15, 0.2) is 0 Å². The van der Waals surface area contributed by atoms with E-state index in [0.717, 1.165) is 56.6 Å². The van der Waals surface area contributed by atoms with E-state index in [2.05, 4.69) is 4.90 Å². The highest BCUT2D eigenvalue weighted by Crippen LogP contribution is 2.45. The number of ether oxygens (including phenoxy) is 1. The first-order valence-corrected chi connectivity index (χ1v) is 11.0. The number of piperazine rings is 1. The predicted molar refractivity (Wildman–Crippen MR) is 113 cm³/mol.